The molecule has 0 aromatic heterocycles. The lowest BCUT2D eigenvalue weighted by Crippen LogP contribution is -2.20. The van der Waals surface area contributed by atoms with Crippen LogP contribution in [0.2, 0.25) is 0 Å². The van der Waals surface area contributed by atoms with Gasteiger partial charge in [-0.3, -0.25) is 0 Å². The molecule has 5 aliphatic rings. The average Bonchev–Trinajstić information content (AvgIpc) is 0.827. The molecule has 5 aliphatic carbocycles. The highest BCUT2D eigenvalue weighted by Gasteiger charge is 2.28. The van der Waals surface area contributed by atoms with Gasteiger partial charge >= 0.3 is 0 Å². The third-order valence-corrected chi connectivity index (χ3v) is 27.5. The molecule has 710 valence electrons. The van der Waals surface area contributed by atoms with Gasteiger partial charge in [-0.1, -0.05) is 525 Å². The Morgan fingerprint density at radius 1 is 0.193 bits per heavy atom. The van der Waals surface area contributed by atoms with E-state index in [9.17, 15) is 0 Å². The summed E-state index contributed by atoms with van der Waals surface area (Å²) in [6.45, 7) is 40.8. The molecule has 0 N–H and O–H groups in total. The van der Waals surface area contributed by atoms with E-state index < -0.39 is 6.85 Å². The van der Waals surface area contributed by atoms with Gasteiger partial charge in [-0.15, -0.1) is 0 Å². The number of hydrogen-bond acceptors (Lipinski definition) is 0. The van der Waals surface area contributed by atoms with Crippen LogP contribution >= 0.6 is 0 Å². The largest absolute Gasteiger partial charge is 0.0625 e. The van der Waals surface area contributed by atoms with Crippen LogP contribution in [0.15, 0.2) is 334 Å². The molecule has 5 fully saturated rings. The standard InChI is InChI=1S/C19H22.C15H22.C14H20.C14H14.2C13H18.C13H12.2C9H12.2C8H10/c1-15-7-9-17(10-8-15)19-13-11-18(12-14-19)16-5-3-2-4-6-16;1-12-4-6-13(7-5-12)14-8-10-15(2,3)11-9-14;2*1-11-3-7-13(8-4-11)14-9-5-12(2)6-10-14;3*1-11-7-9-13(10-8-11)12-5-3-2-4-6-12;2*1-7-4-8(2)6-9(3)5-7;2*1-7-3-5-8(2)6-4-7/h7-14,16H,2-6H2,1H3;4-7,14H,8-11H2,1-3H3;3-4,7-8,12,14H,5-6,9-10H2,1-2H3;3-10H,1-2H3;2*7-10,12H,2-6H2,1H3;2-10H,1H3;2*4-6H,1-3H3;2*3-6H,1-2H3/i;;;;12D;;;1D3;;;. The van der Waals surface area contributed by atoms with E-state index in [0.717, 1.165) is 53.6 Å². The molecule has 0 unspecified atom stereocenters. The van der Waals surface area contributed by atoms with Gasteiger partial charge in [-0.2, -0.15) is 0 Å². The van der Waals surface area contributed by atoms with Crippen molar-refractivity contribution in [3.8, 4) is 33.4 Å². The molecular weight excluding hydrogens is 1620 g/mol. The summed E-state index contributed by atoms with van der Waals surface area (Å²) in [5.41, 5.74) is 38.3. The van der Waals surface area contributed by atoms with Gasteiger partial charge in [0, 0.05) is 5.48 Å². The fraction of sp³-hybridized carbons (Fsp3) is 0.378. The van der Waals surface area contributed by atoms with Crippen LogP contribution in [0.3, 0.4) is 0 Å². The third kappa shape index (κ3) is 41.3. The van der Waals surface area contributed by atoms with Crippen molar-refractivity contribution >= 4 is 0 Å². The molecule has 0 saturated heterocycles. The van der Waals surface area contributed by atoms with E-state index in [2.05, 4.69) is 434 Å². The van der Waals surface area contributed by atoms with Crippen molar-refractivity contribution in [1.82, 2.24) is 0 Å². The quantitative estimate of drug-likeness (QED) is 0.142. The van der Waals surface area contributed by atoms with E-state index in [1.807, 2.05) is 26.0 Å². The van der Waals surface area contributed by atoms with Gasteiger partial charge in [0.2, 0.25) is 0 Å². The third-order valence-electron chi connectivity index (χ3n) is 27.5. The Morgan fingerprint density at radius 3 is 0.644 bits per heavy atom. The lowest BCUT2D eigenvalue weighted by Gasteiger charge is -2.34. The summed E-state index contributed by atoms with van der Waals surface area (Å²) in [5.74, 6) is 3.99. The van der Waals surface area contributed by atoms with Crippen molar-refractivity contribution in [3.63, 3.8) is 0 Å². The summed E-state index contributed by atoms with van der Waals surface area (Å²) in [4.78, 5) is 0. The first-order valence-corrected chi connectivity index (χ1v) is 51.4. The van der Waals surface area contributed by atoms with E-state index in [-0.39, 0.29) is 5.89 Å². The molecule has 0 heteroatoms. The van der Waals surface area contributed by atoms with Crippen LogP contribution in [-0.2, 0) is 0 Å². The van der Waals surface area contributed by atoms with Crippen LogP contribution in [0.5, 0.6) is 0 Å². The molecule has 0 amide bonds. The second-order valence-electron chi connectivity index (χ2n) is 41.1. The number of benzene rings is 14. The summed E-state index contributed by atoms with van der Waals surface area (Å²) in [7, 11) is 0. The van der Waals surface area contributed by atoms with E-state index >= 15 is 0 Å². The summed E-state index contributed by atoms with van der Waals surface area (Å²) in [6, 6.07) is 119. The second-order valence-corrected chi connectivity index (χ2v) is 41.1. The van der Waals surface area contributed by atoms with Crippen molar-refractivity contribution in [1.29, 1.82) is 0 Å². The van der Waals surface area contributed by atoms with Crippen molar-refractivity contribution in [2.75, 3.05) is 0 Å². The normalized spacial score (nSPS) is 16.4. The first-order chi connectivity index (χ1) is 66.5. The molecule has 19 rings (SSSR count). The molecule has 14 aromatic carbocycles. The van der Waals surface area contributed by atoms with Gasteiger partial charge in [-0.05, 0) is 304 Å². The van der Waals surface area contributed by atoms with Crippen molar-refractivity contribution in [2.45, 2.75) is 323 Å². The Balaban J connectivity index is 0.000000172. The summed E-state index contributed by atoms with van der Waals surface area (Å²) in [5, 5.41) is 0. The zero-order chi connectivity index (χ0) is 100. The SMILES string of the molecule is Cc1cc(C)cc(C)c1.Cc1ccc(-c2ccc(C)cc2)cc1.Cc1ccc(-c2ccc(C3CCCCC3)cc2)cc1.Cc1ccc(-c2ccccc2)cc1.Cc1ccc(C)cc1.Cc1ccc(C)cc1.Cc1ccc(C2CCC(C)(C)CC2)cc1.Cc1ccc(C2CCC(C)CC2)cc1.Cc1ccc(C2CCCCC2)cc1.[2H]C([2H])([2H])c1cc(C)cc(C)c1.[2H]C1(c2ccc(C)cc2)CCCCC1. The Bertz CT molecular complexity index is 5530. The smallest absolute Gasteiger partial charge is 0.0352 e. The minimum absolute atomic E-state index is 0.286. The molecule has 0 heterocycles. The zero-order valence-corrected chi connectivity index (χ0v) is 86.9. The van der Waals surface area contributed by atoms with Crippen LogP contribution in [0, 0.1) is 136 Å². The molecule has 0 radical (unpaired) electrons. The molecule has 14 aromatic rings. The average molecular weight is 1800 g/mol. The molecule has 0 bridgehead atoms. The number of hydrogen-bond donors (Lipinski definition) is 0. The lowest BCUT2D eigenvalue weighted by atomic mass is 9.71. The molecule has 0 atom stereocenters. The Kier molecular flexibility index (Phi) is 43.5. The molecule has 0 spiro atoms. The van der Waals surface area contributed by atoms with Crippen molar-refractivity contribution in [2.24, 2.45) is 11.3 Å². The van der Waals surface area contributed by atoms with E-state index in [1.54, 1.807) is 28.8 Å². The predicted molar refractivity (Wildman–Crippen MR) is 595 cm³/mol. The van der Waals surface area contributed by atoms with E-state index in [1.165, 1.54) is 263 Å². The Hall–Kier alpha value is -10.9. The van der Waals surface area contributed by atoms with E-state index in [4.69, 9.17) is 5.48 Å². The molecule has 135 heavy (non-hydrogen) atoms. The summed E-state index contributed by atoms with van der Waals surface area (Å²) < 4.78 is 30.0. The fourth-order valence-electron chi connectivity index (χ4n) is 18.8. The van der Waals surface area contributed by atoms with Crippen LogP contribution in [0.25, 0.3) is 33.4 Å². The van der Waals surface area contributed by atoms with Gasteiger partial charge in [0.1, 0.15) is 0 Å². The zero-order valence-electron chi connectivity index (χ0n) is 90.9. The minimum atomic E-state index is -1.98. The van der Waals surface area contributed by atoms with Crippen LogP contribution in [0.1, 0.15) is 331 Å². The van der Waals surface area contributed by atoms with Gasteiger partial charge in [0.15, 0.2) is 0 Å². The molecular formula is C135H170. The maximum absolute atomic E-state index is 8.43. The molecule has 0 nitrogen and oxygen atoms in total. The Labute approximate surface area is 828 Å². The topological polar surface area (TPSA) is 0 Å². The second kappa shape index (κ2) is 57.8. The fourth-order valence-corrected chi connectivity index (χ4v) is 18.8. The minimum Gasteiger partial charge on any atom is -0.0625 e. The summed E-state index contributed by atoms with van der Waals surface area (Å²) >= 11 is 0. The molecule has 5 saturated carbocycles. The highest BCUT2D eigenvalue weighted by atomic mass is 14.3. The van der Waals surface area contributed by atoms with Crippen molar-refractivity contribution < 1.29 is 5.48 Å². The van der Waals surface area contributed by atoms with Crippen LogP contribution < -0.4 is 0 Å². The van der Waals surface area contributed by atoms with Crippen molar-refractivity contribution in [3.05, 3.63) is 462 Å². The van der Waals surface area contributed by atoms with Gasteiger partial charge in [-0.25, -0.2) is 0 Å². The first kappa shape index (κ1) is 102. The number of rotatable bonds is 8. The Morgan fingerprint density at radius 2 is 0.385 bits per heavy atom. The lowest BCUT2D eigenvalue weighted by molar-refractivity contribution is 0.224. The van der Waals surface area contributed by atoms with Gasteiger partial charge in [0.05, 0.1) is 0 Å². The van der Waals surface area contributed by atoms with Gasteiger partial charge < -0.3 is 0 Å². The molecule has 0 aliphatic heterocycles. The highest BCUT2D eigenvalue weighted by molar-refractivity contribution is 5.66. The van der Waals surface area contributed by atoms with E-state index in [0.29, 0.717) is 11.0 Å². The monoisotopic (exact) mass is 1800 g/mol. The maximum Gasteiger partial charge on any atom is 0.0352 e. The highest BCUT2D eigenvalue weighted by Crippen LogP contribution is 2.43. The predicted octanol–water partition coefficient (Wildman–Crippen LogP) is 40.2. The maximum atomic E-state index is 8.43. The summed E-state index contributed by atoms with van der Waals surface area (Å²) in [6.07, 6.45) is 31.1. The first-order valence-electron chi connectivity index (χ1n) is 53.4. The van der Waals surface area contributed by atoms with Crippen LogP contribution in [0.4, 0.5) is 0 Å². The van der Waals surface area contributed by atoms with Crippen LogP contribution in [-0.4, -0.2) is 0 Å². The number of aryl methyl sites for hydroxylation is 18. The van der Waals surface area contributed by atoms with Gasteiger partial charge in [0.25, 0.3) is 0 Å².